The Bertz CT molecular complexity index is 578. The molecule has 0 saturated carbocycles. The predicted octanol–water partition coefficient (Wildman–Crippen LogP) is 1.79. The molecule has 3 heterocycles. The van der Waals surface area contributed by atoms with Gasteiger partial charge in [-0.3, -0.25) is 14.5 Å². The third kappa shape index (κ3) is 2.12. The lowest BCUT2D eigenvalue weighted by Gasteiger charge is -2.24. The third-order valence-electron chi connectivity index (χ3n) is 3.62. The van der Waals surface area contributed by atoms with Crippen LogP contribution in [0.1, 0.15) is 34.9 Å². The first-order valence-corrected chi connectivity index (χ1v) is 6.46. The van der Waals surface area contributed by atoms with E-state index in [4.69, 9.17) is 0 Å². The van der Waals surface area contributed by atoms with Crippen LogP contribution in [0, 0.1) is 0 Å². The zero-order valence-corrected chi connectivity index (χ0v) is 10.9. The van der Waals surface area contributed by atoms with Crippen molar-refractivity contribution in [3.05, 3.63) is 48.0 Å². The van der Waals surface area contributed by atoms with Crippen molar-refractivity contribution < 1.29 is 4.79 Å². The molecule has 19 heavy (non-hydrogen) atoms. The van der Waals surface area contributed by atoms with Crippen LogP contribution in [0.5, 0.6) is 0 Å². The standard InChI is InChI=1S/C14H16N4O/c1-17-13(6-8-16-17)14(19)18-9-3-5-12(18)11-4-2-7-15-10-11/h2,4,6-8,10,12H,3,5,9H2,1H3. The maximum Gasteiger partial charge on any atom is 0.272 e. The number of amides is 1. The molecule has 1 aliphatic heterocycles. The van der Waals surface area contributed by atoms with Gasteiger partial charge in [0.15, 0.2) is 0 Å². The monoisotopic (exact) mass is 256 g/mol. The Kier molecular flexibility index (Phi) is 3.03. The van der Waals surface area contributed by atoms with Crippen LogP contribution in [0.3, 0.4) is 0 Å². The molecule has 3 rings (SSSR count). The summed E-state index contributed by atoms with van der Waals surface area (Å²) in [5.41, 5.74) is 1.74. The predicted molar refractivity (Wildman–Crippen MR) is 70.5 cm³/mol. The number of hydrogen-bond donors (Lipinski definition) is 0. The first-order valence-electron chi connectivity index (χ1n) is 6.46. The summed E-state index contributed by atoms with van der Waals surface area (Å²) in [4.78, 5) is 18.6. The second-order valence-corrected chi connectivity index (χ2v) is 4.78. The molecule has 1 unspecified atom stereocenters. The van der Waals surface area contributed by atoms with Gasteiger partial charge in [0, 0.05) is 32.2 Å². The molecule has 0 aromatic carbocycles. The highest BCUT2D eigenvalue weighted by Crippen LogP contribution is 2.32. The topological polar surface area (TPSA) is 51.0 Å². The second kappa shape index (κ2) is 4.84. The van der Waals surface area contributed by atoms with E-state index in [1.54, 1.807) is 30.2 Å². The number of rotatable bonds is 2. The van der Waals surface area contributed by atoms with Crippen molar-refractivity contribution in [2.45, 2.75) is 18.9 Å². The Morgan fingerprint density at radius 1 is 1.37 bits per heavy atom. The summed E-state index contributed by atoms with van der Waals surface area (Å²) >= 11 is 0. The lowest BCUT2D eigenvalue weighted by molar-refractivity contribution is 0.0724. The maximum atomic E-state index is 12.6. The molecule has 0 spiro atoms. The lowest BCUT2D eigenvalue weighted by Crippen LogP contribution is -2.32. The average Bonchev–Trinajstić information content (AvgIpc) is 3.07. The fourth-order valence-electron chi connectivity index (χ4n) is 2.66. The molecule has 0 radical (unpaired) electrons. The van der Waals surface area contributed by atoms with Crippen LogP contribution in [0.25, 0.3) is 0 Å². The number of likely N-dealkylation sites (tertiary alicyclic amines) is 1. The van der Waals surface area contributed by atoms with E-state index in [-0.39, 0.29) is 11.9 Å². The molecule has 5 heteroatoms. The van der Waals surface area contributed by atoms with Crippen LogP contribution >= 0.6 is 0 Å². The Morgan fingerprint density at radius 2 is 2.26 bits per heavy atom. The van der Waals surface area contributed by atoms with Gasteiger partial charge in [-0.1, -0.05) is 6.07 Å². The molecule has 0 aliphatic carbocycles. The van der Waals surface area contributed by atoms with E-state index in [9.17, 15) is 4.79 Å². The van der Waals surface area contributed by atoms with Crippen LogP contribution in [0.2, 0.25) is 0 Å². The van der Waals surface area contributed by atoms with Crippen molar-refractivity contribution in [3.63, 3.8) is 0 Å². The van der Waals surface area contributed by atoms with E-state index in [2.05, 4.69) is 10.1 Å². The molecule has 0 N–H and O–H groups in total. The first kappa shape index (κ1) is 11.9. The van der Waals surface area contributed by atoms with Gasteiger partial charge >= 0.3 is 0 Å². The minimum absolute atomic E-state index is 0.0475. The number of nitrogens with zero attached hydrogens (tertiary/aromatic N) is 4. The molecule has 5 nitrogen and oxygen atoms in total. The third-order valence-corrected chi connectivity index (χ3v) is 3.62. The van der Waals surface area contributed by atoms with E-state index in [1.807, 2.05) is 23.2 Å². The number of aromatic nitrogens is 3. The van der Waals surface area contributed by atoms with Gasteiger partial charge in [0.25, 0.3) is 5.91 Å². The molecule has 2 aromatic rings. The Labute approximate surface area is 111 Å². The second-order valence-electron chi connectivity index (χ2n) is 4.78. The molecular weight excluding hydrogens is 240 g/mol. The van der Waals surface area contributed by atoms with Crippen LogP contribution in [-0.2, 0) is 7.05 Å². The van der Waals surface area contributed by atoms with Crippen molar-refractivity contribution in [2.24, 2.45) is 7.05 Å². The molecule has 1 atom stereocenters. The molecule has 2 aromatic heterocycles. The van der Waals surface area contributed by atoms with E-state index < -0.39 is 0 Å². The number of carbonyl (C=O) groups is 1. The minimum Gasteiger partial charge on any atom is -0.330 e. The van der Waals surface area contributed by atoms with Gasteiger partial charge in [-0.05, 0) is 30.5 Å². The highest BCUT2D eigenvalue weighted by atomic mass is 16.2. The van der Waals surface area contributed by atoms with Gasteiger partial charge in [0.2, 0.25) is 0 Å². The van der Waals surface area contributed by atoms with Crippen LogP contribution in [-0.4, -0.2) is 32.1 Å². The SMILES string of the molecule is Cn1nccc1C(=O)N1CCCC1c1cccnc1. The summed E-state index contributed by atoms with van der Waals surface area (Å²) in [7, 11) is 1.79. The van der Waals surface area contributed by atoms with Crippen molar-refractivity contribution in [1.82, 2.24) is 19.7 Å². The molecular formula is C14H16N4O. The molecule has 98 valence electrons. The summed E-state index contributed by atoms with van der Waals surface area (Å²) in [6.07, 6.45) is 7.28. The summed E-state index contributed by atoms with van der Waals surface area (Å²) in [6.45, 7) is 0.795. The van der Waals surface area contributed by atoms with Crippen LogP contribution in [0.15, 0.2) is 36.8 Å². The van der Waals surface area contributed by atoms with Gasteiger partial charge in [0.05, 0.1) is 6.04 Å². The quantitative estimate of drug-likeness (QED) is 0.823. The highest BCUT2D eigenvalue weighted by Gasteiger charge is 2.31. The maximum absolute atomic E-state index is 12.6. The summed E-state index contributed by atoms with van der Waals surface area (Å²) in [5, 5.41) is 4.06. The van der Waals surface area contributed by atoms with Gasteiger partial charge in [0.1, 0.15) is 5.69 Å². The molecule has 0 bridgehead atoms. The number of carbonyl (C=O) groups excluding carboxylic acids is 1. The fourth-order valence-corrected chi connectivity index (χ4v) is 2.66. The number of pyridine rings is 1. The van der Waals surface area contributed by atoms with Crippen molar-refractivity contribution >= 4 is 5.91 Å². The van der Waals surface area contributed by atoms with Gasteiger partial charge < -0.3 is 4.90 Å². The zero-order chi connectivity index (χ0) is 13.2. The molecule has 1 saturated heterocycles. The van der Waals surface area contributed by atoms with Gasteiger partial charge in [-0.25, -0.2) is 0 Å². The van der Waals surface area contributed by atoms with Crippen molar-refractivity contribution in [2.75, 3.05) is 6.54 Å². The van der Waals surface area contributed by atoms with E-state index in [0.717, 1.165) is 24.9 Å². The fraction of sp³-hybridized carbons (Fsp3) is 0.357. The Balaban J connectivity index is 1.88. The smallest absolute Gasteiger partial charge is 0.272 e. The van der Waals surface area contributed by atoms with E-state index >= 15 is 0 Å². The molecule has 1 amide bonds. The largest absolute Gasteiger partial charge is 0.330 e. The van der Waals surface area contributed by atoms with Crippen molar-refractivity contribution in [1.29, 1.82) is 0 Å². The number of aryl methyl sites for hydroxylation is 1. The lowest BCUT2D eigenvalue weighted by atomic mass is 10.1. The van der Waals surface area contributed by atoms with E-state index in [1.165, 1.54) is 0 Å². The first-order chi connectivity index (χ1) is 9.27. The summed E-state index contributed by atoms with van der Waals surface area (Å²) in [6, 6.07) is 5.85. The van der Waals surface area contributed by atoms with Crippen LogP contribution < -0.4 is 0 Å². The highest BCUT2D eigenvalue weighted by molar-refractivity contribution is 5.93. The minimum atomic E-state index is 0.0475. The average molecular weight is 256 g/mol. The Morgan fingerprint density at radius 3 is 2.95 bits per heavy atom. The zero-order valence-electron chi connectivity index (χ0n) is 10.9. The Hall–Kier alpha value is -2.17. The van der Waals surface area contributed by atoms with Crippen LogP contribution in [0.4, 0.5) is 0 Å². The van der Waals surface area contributed by atoms with Gasteiger partial charge in [-0.2, -0.15) is 5.10 Å². The van der Waals surface area contributed by atoms with E-state index in [0.29, 0.717) is 5.69 Å². The normalized spacial score (nSPS) is 18.8. The molecule has 1 aliphatic rings. The summed E-state index contributed by atoms with van der Waals surface area (Å²) < 4.78 is 1.63. The molecule has 1 fully saturated rings. The number of hydrogen-bond acceptors (Lipinski definition) is 3. The van der Waals surface area contributed by atoms with Crippen molar-refractivity contribution in [3.8, 4) is 0 Å². The van der Waals surface area contributed by atoms with Gasteiger partial charge in [-0.15, -0.1) is 0 Å². The summed E-state index contributed by atoms with van der Waals surface area (Å²) in [5.74, 6) is 0.0475.